The highest BCUT2D eigenvalue weighted by Gasteiger charge is 2.11. The fraction of sp³-hybridized carbons (Fsp3) is 0.286. The van der Waals surface area contributed by atoms with Crippen LogP contribution in [0.5, 0.6) is 0 Å². The number of carbonyl (C=O) groups is 1. The molecule has 0 saturated heterocycles. The average molecular weight is 151 g/mol. The first kappa shape index (κ1) is 7.81. The molecule has 11 heavy (non-hydrogen) atoms. The molecule has 0 aliphatic heterocycles. The summed E-state index contributed by atoms with van der Waals surface area (Å²) >= 11 is 0. The Morgan fingerprint density at radius 3 is 2.82 bits per heavy atom. The highest BCUT2D eigenvalue weighted by atomic mass is 16.1. The van der Waals surface area contributed by atoms with Crippen LogP contribution in [0.2, 0.25) is 0 Å². The van der Waals surface area contributed by atoms with Crippen molar-refractivity contribution in [3.05, 3.63) is 24.3 Å². The van der Waals surface area contributed by atoms with Crippen molar-refractivity contribution in [2.24, 2.45) is 5.73 Å². The molecule has 1 atom stereocenters. The molecule has 1 aromatic rings. The number of hydrogen-bond donors (Lipinski definition) is 1. The Balaban J connectivity index is 2.85. The van der Waals surface area contributed by atoms with Crippen LogP contribution >= 0.6 is 0 Å². The number of hydrogen-bond acceptors (Lipinski definition) is 4. The van der Waals surface area contributed by atoms with Gasteiger partial charge in [0.2, 0.25) is 0 Å². The van der Waals surface area contributed by atoms with E-state index in [1.807, 2.05) is 0 Å². The second-order valence-corrected chi connectivity index (χ2v) is 2.22. The van der Waals surface area contributed by atoms with Crippen molar-refractivity contribution in [3.8, 4) is 0 Å². The Morgan fingerprint density at radius 1 is 1.64 bits per heavy atom. The van der Waals surface area contributed by atoms with E-state index in [9.17, 15) is 4.79 Å². The van der Waals surface area contributed by atoms with E-state index >= 15 is 0 Å². The average Bonchev–Trinajstić information content (AvgIpc) is 2.05. The number of rotatable bonds is 2. The first-order chi connectivity index (χ1) is 5.22. The maximum Gasteiger partial charge on any atom is 0.152 e. The van der Waals surface area contributed by atoms with Gasteiger partial charge in [-0.1, -0.05) is 0 Å². The Hall–Kier alpha value is -1.29. The third-order valence-electron chi connectivity index (χ3n) is 1.34. The highest BCUT2D eigenvalue weighted by molar-refractivity contribution is 5.81. The molecule has 0 fully saturated rings. The van der Waals surface area contributed by atoms with Crippen LogP contribution in [0.15, 0.2) is 18.6 Å². The molecular weight excluding hydrogens is 142 g/mol. The lowest BCUT2D eigenvalue weighted by Gasteiger charge is -2.04. The SMILES string of the molecule is CC(=O)C(N)c1cnccn1. The van der Waals surface area contributed by atoms with Gasteiger partial charge in [-0.3, -0.25) is 14.8 Å². The van der Waals surface area contributed by atoms with Crippen molar-refractivity contribution in [3.63, 3.8) is 0 Å². The summed E-state index contributed by atoms with van der Waals surface area (Å²) < 4.78 is 0. The zero-order valence-electron chi connectivity index (χ0n) is 6.19. The molecule has 0 aliphatic carbocycles. The quantitative estimate of drug-likeness (QED) is 0.649. The first-order valence-electron chi connectivity index (χ1n) is 3.24. The number of Topliss-reactive ketones (excluding diaryl/α,β-unsaturated/α-hetero) is 1. The molecule has 0 radical (unpaired) electrons. The van der Waals surface area contributed by atoms with E-state index in [-0.39, 0.29) is 5.78 Å². The topological polar surface area (TPSA) is 68.9 Å². The minimum atomic E-state index is -0.635. The van der Waals surface area contributed by atoms with Crippen molar-refractivity contribution in [1.82, 2.24) is 9.97 Å². The summed E-state index contributed by atoms with van der Waals surface area (Å²) in [6.07, 6.45) is 4.54. The number of nitrogens with zero attached hydrogens (tertiary/aromatic N) is 2. The summed E-state index contributed by atoms with van der Waals surface area (Å²) in [5.41, 5.74) is 6.00. The molecule has 0 aliphatic rings. The normalized spacial score (nSPS) is 12.5. The number of nitrogens with two attached hydrogens (primary N) is 1. The van der Waals surface area contributed by atoms with Crippen LogP contribution in [0.4, 0.5) is 0 Å². The lowest BCUT2D eigenvalue weighted by molar-refractivity contribution is -0.118. The van der Waals surface area contributed by atoms with Gasteiger partial charge in [-0.2, -0.15) is 0 Å². The summed E-state index contributed by atoms with van der Waals surface area (Å²) in [7, 11) is 0. The number of carbonyl (C=O) groups excluding carboxylic acids is 1. The monoisotopic (exact) mass is 151 g/mol. The smallest absolute Gasteiger partial charge is 0.152 e. The zero-order valence-corrected chi connectivity index (χ0v) is 6.19. The molecule has 0 spiro atoms. The molecule has 58 valence electrons. The minimum absolute atomic E-state index is 0.106. The van der Waals surface area contributed by atoms with Crippen molar-refractivity contribution >= 4 is 5.78 Å². The van der Waals surface area contributed by atoms with Gasteiger partial charge < -0.3 is 5.73 Å². The van der Waals surface area contributed by atoms with E-state index in [0.29, 0.717) is 5.69 Å². The van der Waals surface area contributed by atoms with Crippen LogP contribution < -0.4 is 5.73 Å². The molecule has 2 N–H and O–H groups in total. The van der Waals surface area contributed by atoms with Gasteiger partial charge in [0, 0.05) is 12.4 Å². The Bertz CT molecular complexity index is 247. The fourth-order valence-corrected chi connectivity index (χ4v) is 0.679. The Kier molecular flexibility index (Phi) is 2.28. The number of aromatic nitrogens is 2. The van der Waals surface area contributed by atoms with E-state index in [1.54, 1.807) is 0 Å². The predicted octanol–water partition coefficient (Wildman–Crippen LogP) is 0.0654. The van der Waals surface area contributed by atoms with E-state index in [0.717, 1.165) is 0 Å². The van der Waals surface area contributed by atoms with Gasteiger partial charge in [-0.15, -0.1) is 0 Å². The first-order valence-corrected chi connectivity index (χ1v) is 3.24. The zero-order chi connectivity index (χ0) is 8.27. The Labute approximate surface area is 64.5 Å². The molecule has 0 aromatic carbocycles. The van der Waals surface area contributed by atoms with Crippen LogP contribution in [0, 0.1) is 0 Å². The largest absolute Gasteiger partial charge is 0.316 e. The van der Waals surface area contributed by atoms with Crippen LogP contribution in [-0.4, -0.2) is 15.8 Å². The van der Waals surface area contributed by atoms with E-state index in [4.69, 9.17) is 5.73 Å². The van der Waals surface area contributed by atoms with Crippen molar-refractivity contribution < 1.29 is 4.79 Å². The van der Waals surface area contributed by atoms with Crippen LogP contribution in [0.25, 0.3) is 0 Å². The van der Waals surface area contributed by atoms with E-state index in [2.05, 4.69) is 9.97 Å². The van der Waals surface area contributed by atoms with Gasteiger partial charge >= 0.3 is 0 Å². The molecule has 1 aromatic heterocycles. The molecule has 0 saturated carbocycles. The second kappa shape index (κ2) is 3.21. The van der Waals surface area contributed by atoms with Crippen LogP contribution in [0.3, 0.4) is 0 Å². The summed E-state index contributed by atoms with van der Waals surface area (Å²) in [5.74, 6) is -0.106. The molecule has 4 nitrogen and oxygen atoms in total. The molecule has 1 heterocycles. The van der Waals surface area contributed by atoms with Gasteiger partial charge in [-0.25, -0.2) is 0 Å². The summed E-state index contributed by atoms with van der Waals surface area (Å²) in [4.78, 5) is 18.4. The Morgan fingerprint density at radius 2 is 2.36 bits per heavy atom. The van der Waals surface area contributed by atoms with Crippen LogP contribution in [0.1, 0.15) is 18.7 Å². The van der Waals surface area contributed by atoms with Gasteiger partial charge in [0.15, 0.2) is 5.78 Å². The van der Waals surface area contributed by atoms with E-state index in [1.165, 1.54) is 25.5 Å². The van der Waals surface area contributed by atoms with Gasteiger partial charge in [0.25, 0.3) is 0 Å². The maximum atomic E-state index is 10.8. The van der Waals surface area contributed by atoms with Gasteiger partial charge in [0.1, 0.15) is 6.04 Å². The fourth-order valence-electron chi connectivity index (χ4n) is 0.679. The third kappa shape index (κ3) is 1.81. The van der Waals surface area contributed by atoms with E-state index < -0.39 is 6.04 Å². The second-order valence-electron chi connectivity index (χ2n) is 2.22. The molecule has 0 bridgehead atoms. The number of ketones is 1. The molecular formula is C7H9N3O. The third-order valence-corrected chi connectivity index (χ3v) is 1.34. The molecule has 1 unspecified atom stereocenters. The van der Waals surface area contributed by atoms with Crippen LogP contribution in [-0.2, 0) is 4.79 Å². The van der Waals surface area contributed by atoms with Crippen molar-refractivity contribution in [2.45, 2.75) is 13.0 Å². The summed E-state index contributed by atoms with van der Waals surface area (Å²) in [6.45, 7) is 1.43. The van der Waals surface area contributed by atoms with Gasteiger partial charge in [-0.05, 0) is 6.92 Å². The predicted molar refractivity (Wildman–Crippen MR) is 39.6 cm³/mol. The standard InChI is InChI=1S/C7H9N3O/c1-5(11)7(8)6-4-9-2-3-10-6/h2-4,7H,8H2,1H3. The summed E-state index contributed by atoms with van der Waals surface area (Å²) in [6, 6.07) is -0.635. The summed E-state index contributed by atoms with van der Waals surface area (Å²) in [5, 5.41) is 0. The lowest BCUT2D eigenvalue weighted by atomic mass is 10.1. The van der Waals surface area contributed by atoms with Crippen molar-refractivity contribution in [1.29, 1.82) is 0 Å². The molecule has 1 rings (SSSR count). The minimum Gasteiger partial charge on any atom is -0.316 e. The molecule has 0 amide bonds. The maximum absolute atomic E-state index is 10.8. The van der Waals surface area contributed by atoms with Gasteiger partial charge in [0.05, 0.1) is 11.9 Å². The highest BCUT2D eigenvalue weighted by Crippen LogP contribution is 2.04. The lowest BCUT2D eigenvalue weighted by Crippen LogP contribution is -2.19. The van der Waals surface area contributed by atoms with Crippen molar-refractivity contribution in [2.75, 3.05) is 0 Å². The molecule has 4 heteroatoms.